The second-order valence-corrected chi connectivity index (χ2v) is 5.43. The third-order valence-corrected chi connectivity index (χ3v) is 3.64. The predicted octanol–water partition coefficient (Wildman–Crippen LogP) is 2.03. The van der Waals surface area contributed by atoms with Gasteiger partial charge in [-0.25, -0.2) is 14.6 Å². The molecule has 2 amide bonds. The zero-order valence-electron chi connectivity index (χ0n) is 11.3. The van der Waals surface area contributed by atoms with Crippen molar-refractivity contribution in [2.75, 3.05) is 13.6 Å². The van der Waals surface area contributed by atoms with Crippen LogP contribution in [0.5, 0.6) is 0 Å². The molecule has 0 saturated heterocycles. The first-order valence-corrected chi connectivity index (χ1v) is 6.98. The zero-order chi connectivity index (χ0) is 14.4. The van der Waals surface area contributed by atoms with Crippen LogP contribution >= 0.6 is 11.3 Å². The number of carbonyl (C=O) groups is 2. The summed E-state index contributed by atoms with van der Waals surface area (Å²) in [4.78, 5) is 28.0. The maximum Gasteiger partial charge on any atom is 0.355 e. The fourth-order valence-electron chi connectivity index (χ4n) is 1.46. The van der Waals surface area contributed by atoms with Gasteiger partial charge >= 0.3 is 12.0 Å². The Morgan fingerprint density at radius 3 is 2.79 bits per heavy atom. The molecule has 2 N–H and O–H groups in total. The van der Waals surface area contributed by atoms with E-state index in [2.05, 4.69) is 24.1 Å². The predicted molar refractivity (Wildman–Crippen MR) is 73.4 cm³/mol. The number of nitrogens with one attached hydrogen (secondary N) is 1. The summed E-state index contributed by atoms with van der Waals surface area (Å²) in [7, 11) is 1.74. The number of thiazole rings is 1. The summed E-state index contributed by atoms with van der Waals surface area (Å²) in [5.74, 6) is -0.600. The minimum atomic E-state index is -1.05. The van der Waals surface area contributed by atoms with E-state index >= 15 is 0 Å². The highest BCUT2D eigenvalue weighted by Gasteiger charge is 2.13. The number of hydrogen-bond donors (Lipinski definition) is 2. The fourth-order valence-corrected chi connectivity index (χ4v) is 2.16. The van der Waals surface area contributed by atoms with Crippen molar-refractivity contribution in [1.82, 2.24) is 15.2 Å². The number of hydrogen-bond acceptors (Lipinski definition) is 4. The molecule has 0 fully saturated rings. The SMILES string of the molecule is CCC(C)CN(C)C(=O)NCc1nc(C(=O)O)cs1. The van der Waals surface area contributed by atoms with Gasteiger partial charge in [0.25, 0.3) is 0 Å². The smallest absolute Gasteiger partial charge is 0.355 e. The summed E-state index contributed by atoms with van der Waals surface area (Å²) < 4.78 is 0. The van der Waals surface area contributed by atoms with Gasteiger partial charge in [0, 0.05) is 19.0 Å². The van der Waals surface area contributed by atoms with E-state index in [1.165, 1.54) is 16.7 Å². The molecule has 0 aromatic carbocycles. The Bertz CT molecular complexity index is 447. The van der Waals surface area contributed by atoms with Crippen LogP contribution in [-0.4, -0.2) is 40.6 Å². The molecule has 1 atom stereocenters. The van der Waals surface area contributed by atoms with Crippen molar-refractivity contribution < 1.29 is 14.7 Å². The molecule has 0 saturated carbocycles. The number of carboxylic acid groups (broad SMARTS) is 1. The first-order chi connectivity index (χ1) is 8.93. The summed E-state index contributed by atoms with van der Waals surface area (Å²) in [5.41, 5.74) is 0.0159. The van der Waals surface area contributed by atoms with Gasteiger partial charge in [-0.05, 0) is 5.92 Å². The lowest BCUT2D eigenvalue weighted by molar-refractivity contribution is 0.0691. The van der Waals surface area contributed by atoms with Crippen LogP contribution in [0.4, 0.5) is 4.79 Å². The van der Waals surface area contributed by atoms with E-state index in [1.54, 1.807) is 11.9 Å². The molecule has 19 heavy (non-hydrogen) atoms. The summed E-state index contributed by atoms with van der Waals surface area (Å²) in [6, 6.07) is -0.174. The fraction of sp³-hybridized carbons (Fsp3) is 0.583. The van der Waals surface area contributed by atoms with Crippen molar-refractivity contribution in [1.29, 1.82) is 0 Å². The summed E-state index contributed by atoms with van der Waals surface area (Å²) in [6.07, 6.45) is 1.02. The topological polar surface area (TPSA) is 82.5 Å². The Kier molecular flexibility index (Phi) is 5.75. The molecule has 0 bridgehead atoms. The Hall–Kier alpha value is -1.63. The average molecular weight is 285 g/mol. The Morgan fingerprint density at radius 1 is 1.58 bits per heavy atom. The van der Waals surface area contributed by atoms with Gasteiger partial charge in [-0.1, -0.05) is 20.3 Å². The Labute approximate surface area is 116 Å². The summed E-state index contributed by atoms with van der Waals surface area (Å²) in [5, 5.41) is 13.5. The van der Waals surface area contributed by atoms with Gasteiger partial charge in [0.15, 0.2) is 5.69 Å². The lowest BCUT2D eigenvalue weighted by Gasteiger charge is -2.20. The Balaban J connectivity index is 2.42. The second kappa shape index (κ2) is 7.08. The van der Waals surface area contributed by atoms with Crippen LogP contribution in [0.1, 0.15) is 35.8 Å². The molecule has 1 aromatic rings. The van der Waals surface area contributed by atoms with Gasteiger partial charge in [0.1, 0.15) is 5.01 Å². The monoisotopic (exact) mass is 285 g/mol. The van der Waals surface area contributed by atoms with E-state index in [4.69, 9.17) is 5.11 Å². The van der Waals surface area contributed by atoms with Crippen molar-refractivity contribution in [2.45, 2.75) is 26.8 Å². The molecule has 0 radical (unpaired) electrons. The van der Waals surface area contributed by atoms with E-state index in [9.17, 15) is 9.59 Å². The van der Waals surface area contributed by atoms with Crippen LogP contribution in [0.15, 0.2) is 5.38 Å². The minimum Gasteiger partial charge on any atom is -0.476 e. The Morgan fingerprint density at radius 2 is 2.26 bits per heavy atom. The molecular formula is C12H19N3O3S. The maximum absolute atomic E-state index is 11.8. The second-order valence-electron chi connectivity index (χ2n) is 4.48. The average Bonchev–Trinajstić information content (AvgIpc) is 2.84. The number of aromatic carboxylic acids is 1. The molecular weight excluding hydrogens is 266 g/mol. The highest BCUT2D eigenvalue weighted by molar-refractivity contribution is 7.09. The van der Waals surface area contributed by atoms with Crippen molar-refractivity contribution in [3.8, 4) is 0 Å². The summed E-state index contributed by atoms with van der Waals surface area (Å²) >= 11 is 1.22. The van der Waals surface area contributed by atoms with Crippen molar-refractivity contribution in [3.05, 3.63) is 16.1 Å². The van der Waals surface area contributed by atoms with Crippen LogP contribution in [0.25, 0.3) is 0 Å². The molecule has 0 aliphatic carbocycles. The first-order valence-electron chi connectivity index (χ1n) is 6.10. The molecule has 1 unspecified atom stereocenters. The largest absolute Gasteiger partial charge is 0.476 e. The molecule has 1 aromatic heterocycles. The molecule has 7 heteroatoms. The lowest BCUT2D eigenvalue weighted by atomic mass is 10.1. The number of carbonyl (C=O) groups excluding carboxylic acids is 1. The number of aromatic nitrogens is 1. The number of rotatable bonds is 6. The van der Waals surface area contributed by atoms with E-state index < -0.39 is 5.97 Å². The van der Waals surface area contributed by atoms with Gasteiger partial charge in [-0.2, -0.15) is 0 Å². The van der Waals surface area contributed by atoms with Crippen molar-refractivity contribution in [2.24, 2.45) is 5.92 Å². The van der Waals surface area contributed by atoms with Crippen molar-refractivity contribution >= 4 is 23.3 Å². The first kappa shape index (κ1) is 15.4. The lowest BCUT2D eigenvalue weighted by Crippen LogP contribution is -2.39. The summed E-state index contributed by atoms with van der Waals surface area (Å²) in [6.45, 7) is 5.12. The van der Waals surface area contributed by atoms with Crippen LogP contribution in [-0.2, 0) is 6.54 Å². The van der Waals surface area contributed by atoms with Gasteiger partial charge in [0.2, 0.25) is 0 Å². The highest BCUT2D eigenvalue weighted by Crippen LogP contribution is 2.09. The number of urea groups is 1. The van der Waals surface area contributed by atoms with Gasteiger partial charge in [-0.3, -0.25) is 0 Å². The standard InChI is InChI=1S/C12H19N3O3S/c1-4-8(2)6-15(3)12(18)13-5-10-14-9(7-19-10)11(16)17/h7-8H,4-6H2,1-3H3,(H,13,18)(H,16,17). The van der Waals surface area contributed by atoms with Gasteiger partial charge < -0.3 is 15.3 Å². The molecule has 106 valence electrons. The number of carboxylic acids is 1. The number of nitrogens with zero attached hydrogens (tertiary/aromatic N) is 2. The van der Waals surface area contributed by atoms with E-state index in [0.29, 0.717) is 17.5 Å². The molecule has 0 spiro atoms. The molecule has 1 rings (SSSR count). The van der Waals surface area contributed by atoms with Crippen LogP contribution in [0, 0.1) is 5.92 Å². The maximum atomic E-state index is 11.8. The van der Waals surface area contributed by atoms with Crippen LogP contribution in [0.3, 0.4) is 0 Å². The van der Waals surface area contributed by atoms with Gasteiger partial charge in [0.05, 0.1) is 6.54 Å². The molecule has 0 aliphatic heterocycles. The quantitative estimate of drug-likeness (QED) is 0.837. The van der Waals surface area contributed by atoms with Crippen LogP contribution < -0.4 is 5.32 Å². The van der Waals surface area contributed by atoms with Crippen molar-refractivity contribution in [3.63, 3.8) is 0 Å². The number of amides is 2. The van der Waals surface area contributed by atoms with E-state index in [-0.39, 0.29) is 18.3 Å². The third-order valence-electron chi connectivity index (χ3n) is 2.79. The van der Waals surface area contributed by atoms with E-state index in [1.807, 2.05) is 0 Å². The molecule has 0 aliphatic rings. The van der Waals surface area contributed by atoms with Gasteiger partial charge in [-0.15, -0.1) is 11.3 Å². The normalized spacial score (nSPS) is 11.9. The van der Waals surface area contributed by atoms with E-state index in [0.717, 1.165) is 6.42 Å². The highest BCUT2D eigenvalue weighted by atomic mass is 32.1. The molecule has 6 nitrogen and oxygen atoms in total. The zero-order valence-corrected chi connectivity index (χ0v) is 12.2. The minimum absolute atomic E-state index is 0.0159. The third kappa shape index (κ3) is 4.86. The molecule has 1 heterocycles. The van der Waals surface area contributed by atoms with Crippen LogP contribution in [0.2, 0.25) is 0 Å².